The fourth-order valence-corrected chi connectivity index (χ4v) is 2.87. The molecule has 2 aromatic carbocycles. The van der Waals surface area contributed by atoms with Crippen molar-refractivity contribution in [3.63, 3.8) is 0 Å². The molecule has 0 spiro atoms. The molecule has 7 nitrogen and oxygen atoms in total. The van der Waals surface area contributed by atoms with Crippen LogP contribution in [-0.4, -0.2) is 27.6 Å². The fraction of sp³-hybridized carbons (Fsp3) is 0.158. The number of benzene rings is 2. The van der Waals surface area contributed by atoms with E-state index in [-0.39, 0.29) is 11.8 Å². The largest absolute Gasteiger partial charge is 0.487 e. The highest BCUT2D eigenvalue weighted by molar-refractivity contribution is 6.99. The summed E-state index contributed by atoms with van der Waals surface area (Å²) in [6.45, 7) is 2.22. The predicted molar refractivity (Wildman–Crippen MR) is 103 cm³/mol. The maximum absolute atomic E-state index is 12.4. The molecule has 2 N–H and O–H groups in total. The van der Waals surface area contributed by atoms with Crippen LogP contribution in [0.2, 0.25) is 0 Å². The van der Waals surface area contributed by atoms with Gasteiger partial charge in [0.25, 0.3) is 11.8 Å². The summed E-state index contributed by atoms with van der Waals surface area (Å²) in [4.78, 5) is 24.1. The van der Waals surface area contributed by atoms with E-state index in [1.807, 2.05) is 6.92 Å². The highest BCUT2D eigenvalue weighted by Crippen LogP contribution is 2.17. The van der Waals surface area contributed by atoms with Crippen molar-refractivity contribution in [3.8, 4) is 5.75 Å². The van der Waals surface area contributed by atoms with E-state index >= 15 is 0 Å². The summed E-state index contributed by atoms with van der Waals surface area (Å²) < 4.78 is 13.9. The number of nitrogens with one attached hydrogen (secondary N) is 2. The Hall–Kier alpha value is -3.26. The summed E-state index contributed by atoms with van der Waals surface area (Å²) >= 11 is 1.15. The first-order valence-corrected chi connectivity index (χ1v) is 8.94. The highest BCUT2D eigenvalue weighted by Gasteiger charge is 2.09. The third-order valence-corrected chi connectivity index (χ3v) is 4.51. The lowest BCUT2D eigenvalue weighted by Crippen LogP contribution is -2.18. The van der Waals surface area contributed by atoms with Crippen molar-refractivity contribution in [1.82, 2.24) is 14.1 Å². The van der Waals surface area contributed by atoms with E-state index in [9.17, 15) is 9.59 Å². The molecular formula is C19H18N4O3S. The molecule has 1 aromatic heterocycles. The first-order valence-electron chi connectivity index (χ1n) is 8.21. The van der Waals surface area contributed by atoms with Crippen LogP contribution in [0.3, 0.4) is 0 Å². The Morgan fingerprint density at radius 3 is 2.48 bits per heavy atom. The Kier molecular flexibility index (Phi) is 5.77. The SMILES string of the molecule is CNC(=O)c1cccc(NC(=O)c2ccc(OCc3nsnc3C)cc2)c1. The van der Waals surface area contributed by atoms with Crippen LogP contribution < -0.4 is 15.4 Å². The summed E-state index contributed by atoms with van der Waals surface area (Å²) in [7, 11) is 1.56. The molecule has 0 aliphatic heterocycles. The number of carbonyl (C=O) groups excluding carboxylic acids is 2. The van der Waals surface area contributed by atoms with Gasteiger partial charge in [-0.15, -0.1) is 0 Å². The van der Waals surface area contributed by atoms with Crippen molar-refractivity contribution in [3.05, 3.63) is 71.0 Å². The number of anilines is 1. The standard InChI is InChI=1S/C19H18N4O3S/c1-12-17(23-27-22-12)11-26-16-8-6-13(7-9-16)19(25)21-15-5-3-4-14(10-15)18(24)20-2/h3-10H,11H2,1-2H3,(H,20,24)(H,21,25). The van der Waals surface area contributed by atoms with Crippen molar-refractivity contribution in [2.45, 2.75) is 13.5 Å². The monoisotopic (exact) mass is 382 g/mol. The van der Waals surface area contributed by atoms with Gasteiger partial charge in [0.2, 0.25) is 0 Å². The Morgan fingerprint density at radius 1 is 1.04 bits per heavy atom. The zero-order valence-electron chi connectivity index (χ0n) is 14.9. The Morgan fingerprint density at radius 2 is 1.81 bits per heavy atom. The average Bonchev–Trinajstić information content (AvgIpc) is 3.11. The minimum Gasteiger partial charge on any atom is -0.487 e. The highest BCUT2D eigenvalue weighted by atomic mass is 32.1. The van der Waals surface area contributed by atoms with Gasteiger partial charge in [0.15, 0.2) is 0 Å². The number of hydrogen-bond donors (Lipinski definition) is 2. The van der Waals surface area contributed by atoms with Gasteiger partial charge in [-0.2, -0.15) is 8.75 Å². The molecule has 8 heteroatoms. The van der Waals surface area contributed by atoms with Gasteiger partial charge in [0, 0.05) is 23.9 Å². The third kappa shape index (κ3) is 4.68. The summed E-state index contributed by atoms with van der Waals surface area (Å²) in [5.74, 6) is 0.161. The second-order valence-electron chi connectivity index (χ2n) is 5.72. The van der Waals surface area contributed by atoms with E-state index in [0.29, 0.717) is 29.2 Å². The zero-order valence-corrected chi connectivity index (χ0v) is 15.7. The van der Waals surface area contributed by atoms with E-state index in [0.717, 1.165) is 23.1 Å². The fourth-order valence-electron chi connectivity index (χ4n) is 2.32. The molecule has 27 heavy (non-hydrogen) atoms. The molecule has 1 heterocycles. The molecule has 0 saturated heterocycles. The van der Waals surface area contributed by atoms with Crippen LogP contribution >= 0.6 is 11.7 Å². The number of nitrogens with zero attached hydrogens (tertiary/aromatic N) is 2. The molecule has 0 atom stereocenters. The molecule has 0 saturated carbocycles. The first-order chi connectivity index (χ1) is 13.1. The van der Waals surface area contributed by atoms with Crippen LogP contribution in [0.1, 0.15) is 32.1 Å². The van der Waals surface area contributed by atoms with Crippen molar-refractivity contribution in [1.29, 1.82) is 0 Å². The molecule has 0 radical (unpaired) electrons. The van der Waals surface area contributed by atoms with Crippen LogP contribution in [0.25, 0.3) is 0 Å². The van der Waals surface area contributed by atoms with Crippen molar-refractivity contribution in [2.75, 3.05) is 12.4 Å². The van der Waals surface area contributed by atoms with Gasteiger partial charge in [0.1, 0.15) is 18.1 Å². The maximum Gasteiger partial charge on any atom is 0.255 e. The number of carbonyl (C=O) groups is 2. The number of amides is 2. The molecule has 2 amide bonds. The molecule has 138 valence electrons. The number of ether oxygens (including phenoxy) is 1. The second-order valence-corrected chi connectivity index (χ2v) is 6.25. The molecular weight excluding hydrogens is 364 g/mol. The molecule has 0 aliphatic carbocycles. The number of aryl methyl sites for hydroxylation is 1. The van der Waals surface area contributed by atoms with Crippen molar-refractivity contribution >= 4 is 29.2 Å². The molecule has 0 unspecified atom stereocenters. The minimum absolute atomic E-state index is 0.210. The summed E-state index contributed by atoms with van der Waals surface area (Å²) in [6, 6.07) is 13.6. The summed E-state index contributed by atoms with van der Waals surface area (Å²) in [6.07, 6.45) is 0. The first kappa shape index (κ1) is 18.5. The zero-order chi connectivity index (χ0) is 19.2. The normalized spacial score (nSPS) is 10.3. The lowest BCUT2D eigenvalue weighted by molar-refractivity contribution is 0.0961. The van der Waals surface area contributed by atoms with Gasteiger partial charge >= 0.3 is 0 Å². The number of rotatable bonds is 6. The Labute approximate surface area is 160 Å². The van der Waals surface area contributed by atoms with Gasteiger partial charge in [-0.05, 0) is 49.4 Å². The average molecular weight is 382 g/mol. The smallest absolute Gasteiger partial charge is 0.255 e. The Bertz CT molecular complexity index is 954. The van der Waals surface area contributed by atoms with Crippen molar-refractivity contribution < 1.29 is 14.3 Å². The van der Waals surface area contributed by atoms with Crippen LogP contribution in [0.4, 0.5) is 5.69 Å². The lowest BCUT2D eigenvalue weighted by Gasteiger charge is -2.08. The van der Waals surface area contributed by atoms with Gasteiger partial charge in [-0.25, -0.2) is 0 Å². The van der Waals surface area contributed by atoms with E-state index in [1.165, 1.54) is 0 Å². The molecule has 0 fully saturated rings. The van der Waals surface area contributed by atoms with E-state index in [1.54, 1.807) is 55.6 Å². The van der Waals surface area contributed by atoms with E-state index in [2.05, 4.69) is 19.4 Å². The van der Waals surface area contributed by atoms with E-state index in [4.69, 9.17) is 4.74 Å². The third-order valence-electron chi connectivity index (χ3n) is 3.85. The maximum atomic E-state index is 12.4. The lowest BCUT2D eigenvalue weighted by atomic mass is 10.1. The molecule has 3 rings (SSSR count). The van der Waals surface area contributed by atoms with Crippen LogP contribution in [-0.2, 0) is 6.61 Å². The summed E-state index contributed by atoms with van der Waals surface area (Å²) in [5, 5.41) is 5.33. The van der Waals surface area contributed by atoms with Gasteiger partial charge in [-0.1, -0.05) is 6.07 Å². The van der Waals surface area contributed by atoms with Gasteiger partial charge in [-0.3, -0.25) is 9.59 Å². The molecule has 3 aromatic rings. The molecule has 0 aliphatic rings. The molecule has 0 bridgehead atoms. The quantitative estimate of drug-likeness (QED) is 0.683. The second kappa shape index (κ2) is 8.41. The van der Waals surface area contributed by atoms with Crippen LogP contribution in [0, 0.1) is 6.92 Å². The summed E-state index contributed by atoms with van der Waals surface area (Å²) in [5.41, 5.74) is 3.17. The van der Waals surface area contributed by atoms with Crippen molar-refractivity contribution in [2.24, 2.45) is 0 Å². The number of aromatic nitrogens is 2. The van der Waals surface area contributed by atoms with Gasteiger partial charge < -0.3 is 15.4 Å². The van der Waals surface area contributed by atoms with E-state index < -0.39 is 0 Å². The Balaban J connectivity index is 1.62. The van der Waals surface area contributed by atoms with Gasteiger partial charge in [0.05, 0.1) is 17.4 Å². The van der Waals surface area contributed by atoms with Crippen LogP contribution in [0.5, 0.6) is 5.75 Å². The minimum atomic E-state index is -0.268. The number of hydrogen-bond acceptors (Lipinski definition) is 6. The van der Waals surface area contributed by atoms with Crippen LogP contribution in [0.15, 0.2) is 48.5 Å². The topological polar surface area (TPSA) is 93.2 Å². The predicted octanol–water partition coefficient (Wildman–Crippen LogP) is 3.04.